The summed E-state index contributed by atoms with van der Waals surface area (Å²) >= 11 is 0. The standard InChI is InChI=1S/C10H21N3O3S/c1-12-17(15,16)7-6-13-9(14)10(8-11)4-2-3-5-10/h12H,2-8,11H2,1H3,(H,13,14). The van der Waals surface area contributed by atoms with E-state index in [-0.39, 0.29) is 18.2 Å². The van der Waals surface area contributed by atoms with Gasteiger partial charge in [0.25, 0.3) is 0 Å². The Morgan fingerprint density at radius 3 is 2.41 bits per heavy atom. The molecule has 1 amide bonds. The first-order valence-electron chi connectivity index (χ1n) is 5.85. The van der Waals surface area contributed by atoms with E-state index in [0.717, 1.165) is 25.7 Å². The lowest BCUT2D eigenvalue weighted by atomic mass is 9.85. The van der Waals surface area contributed by atoms with Crippen LogP contribution < -0.4 is 15.8 Å². The number of amides is 1. The van der Waals surface area contributed by atoms with Gasteiger partial charge in [-0.2, -0.15) is 0 Å². The molecule has 0 radical (unpaired) electrons. The molecular weight excluding hydrogens is 242 g/mol. The summed E-state index contributed by atoms with van der Waals surface area (Å²) < 4.78 is 24.5. The van der Waals surface area contributed by atoms with Crippen molar-refractivity contribution in [2.24, 2.45) is 11.1 Å². The van der Waals surface area contributed by atoms with Crippen molar-refractivity contribution in [3.63, 3.8) is 0 Å². The summed E-state index contributed by atoms with van der Waals surface area (Å²) in [5, 5.41) is 2.67. The summed E-state index contributed by atoms with van der Waals surface area (Å²) in [4.78, 5) is 12.0. The summed E-state index contributed by atoms with van der Waals surface area (Å²) in [5.41, 5.74) is 5.19. The fourth-order valence-corrected chi connectivity index (χ4v) is 2.74. The molecule has 7 heteroatoms. The van der Waals surface area contributed by atoms with Crippen LogP contribution in [0.15, 0.2) is 0 Å². The van der Waals surface area contributed by atoms with Crippen LogP contribution in [0, 0.1) is 5.41 Å². The third-order valence-electron chi connectivity index (χ3n) is 3.40. The molecule has 1 rings (SSSR count). The van der Waals surface area contributed by atoms with Crippen molar-refractivity contribution >= 4 is 15.9 Å². The highest BCUT2D eigenvalue weighted by atomic mass is 32.2. The van der Waals surface area contributed by atoms with Crippen molar-refractivity contribution in [1.29, 1.82) is 0 Å². The molecule has 0 aromatic carbocycles. The van der Waals surface area contributed by atoms with Gasteiger partial charge in [-0.1, -0.05) is 12.8 Å². The first-order chi connectivity index (χ1) is 7.96. The molecule has 1 fully saturated rings. The number of carbonyl (C=O) groups is 1. The molecule has 0 heterocycles. The number of carbonyl (C=O) groups excluding carboxylic acids is 1. The van der Waals surface area contributed by atoms with Crippen LogP contribution in [-0.4, -0.2) is 40.2 Å². The van der Waals surface area contributed by atoms with Gasteiger partial charge in [0.05, 0.1) is 11.2 Å². The number of sulfonamides is 1. The van der Waals surface area contributed by atoms with Gasteiger partial charge in [-0.05, 0) is 19.9 Å². The van der Waals surface area contributed by atoms with Crippen LogP contribution in [-0.2, 0) is 14.8 Å². The van der Waals surface area contributed by atoms with Crippen LogP contribution in [0.25, 0.3) is 0 Å². The van der Waals surface area contributed by atoms with Crippen LogP contribution in [0.5, 0.6) is 0 Å². The van der Waals surface area contributed by atoms with Crippen molar-refractivity contribution in [3.05, 3.63) is 0 Å². The molecule has 4 N–H and O–H groups in total. The zero-order valence-corrected chi connectivity index (χ0v) is 11.0. The second-order valence-corrected chi connectivity index (χ2v) is 6.52. The van der Waals surface area contributed by atoms with Crippen LogP contribution in [0.4, 0.5) is 0 Å². The van der Waals surface area contributed by atoms with E-state index in [4.69, 9.17) is 5.73 Å². The molecule has 1 aliphatic rings. The zero-order valence-electron chi connectivity index (χ0n) is 10.2. The Kier molecular flexibility index (Phi) is 4.91. The first kappa shape index (κ1) is 14.4. The summed E-state index contributed by atoms with van der Waals surface area (Å²) in [7, 11) is -1.90. The lowest BCUT2D eigenvalue weighted by molar-refractivity contribution is -0.130. The Morgan fingerprint density at radius 1 is 1.35 bits per heavy atom. The Morgan fingerprint density at radius 2 is 1.94 bits per heavy atom. The van der Waals surface area contributed by atoms with E-state index in [1.54, 1.807) is 0 Å². The lowest BCUT2D eigenvalue weighted by Gasteiger charge is -2.25. The van der Waals surface area contributed by atoms with Gasteiger partial charge in [0.1, 0.15) is 0 Å². The van der Waals surface area contributed by atoms with Crippen LogP contribution >= 0.6 is 0 Å². The van der Waals surface area contributed by atoms with Crippen LogP contribution in [0.2, 0.25) is 0 Å². The van der Waals surface area contributed by atoms with E-state index in [9.17, 15) is 13.2 Å². The normalized spacial score (nSPS) is 19.2. The Balaban J connectivity index is 2.44. The molecule has 0 saturated heterocycles. The van der Waals surface area contributed by atoms with Gasteiger partial charge in [0, 0.05) is 13.1 Å². The molecule has 0 aromatic rings. The minimum atomic E-state index is -3.26. The van der Waals surface area contributed by atoms with Gasteiger partial charge >= 0.3 is 0 Å². The van der Waals surface area contributed by atoms with Crippen molar-refractivity contribution in [1.82, 2.24) is 10.0 Å². The van der Waals surface area contributed by atoms with Crippen molar-refractivity contribution < 1.29 is 13.2 Å². The van der Waals surface area contributed by atoms with Gasteiger partial charge in [-0.15, -0.1) is 0 Å². The average Bonchev–Trinajstić information content (AvgIpc) is 2.78. The van der Waals surface area contributed by atoms with Gasteiger partial charge in [-0.25, -0.2) is 13.1 Å². The van der Waals surface area contributed by atoms with E-state index >= 15 is 0 Å². The molecule has 17 heavy (non-hydrogen) atoms. The second kappa shape index (κ2) is 5.79. The number of hydrogen-bond donors (Lipinski definition) is 3. The highest BCUT2D eigenvalue weighted by Crippen LogP contribution is 2.37. The maximum Gasteiger partial charge on any atom is 0.227 e. The molecule has 6 nitrogen and oxygen atoms in total. The maximum absolute atomic E-state index is 12.0. The molecule has 0 bridgehead atoms. The number of rotatable bonds is 6. The average molecular weight is 263 g/mol. The van der Waals surface area contributed by atoms with E-state index in [2.05, 4.69) is 10.0 Å². The highest BCUT2D eigenvalue weighted by molar-refractivity contribution is 7.89. The predicted octanol–water partition coefficient (Wildman–Crippen LogP) is -0.829. The molecule has 0 aliphatic heterocycles. The molecule has 0 atom stereocenters. The fourth-order valence-electron chi connectivity index (χ4n) is 2.16. The van der Waals surface area contributed by atoms with E-state index in [0.29, 0.717) is 6.54 Å². The van der Waals surface area contributed by atoms with Gasteiger partial charge in [-0.3, -0.25) is 4.79 Å². The maximum atomic E-state index is 12.0. The molecule has 0 unspecified atom stereocenters. The fraction of sp³-hybridized carbons (Fsp3) is 0.900. The number of nitrogens with two attached hydrogens (primary N) is 1. The SMILES string of the molecule is CNS(=O)(=O)CCNC(=O)C1(CN)CCCC1. The van der Waals surface area contributed by atoms with Crippen molar-refractivity contribution in [3.8, 4) is 0 Å². The quantitative estimate of drug-likeness (QED) is 0.582. The van der Waals surface area contributed by atoms with Gasteiger partial charge < -0.3 is 11.1 Å². The minimum absolute atomic E-state index is 0.101. The third kappa shape index (κ3) is 3.65. The smallest absolute Gasteiger partial charge is 0.227 e. The Hall–Kier alpha value is -0.660. The second-order valence-electron chi connectivity index (χ2n) is 4.47. The third-order valence-corrected chi connectivity index (χ3v) is 4.76. The highest BCUT2D eigenvalue weighted by Gasteiger charge is 2.39. The molecule has 0 spiro atoms. The van der Waals surface area contributed by atoms with Gasteiger partial charge in [0.15, 0.2) is 0 Å². The minimum Gasteiger partial charge on any atom is -0.355 e. The van der Waals surface area contributed by atoms with E-state index in [1.165, 1.54) is 7.05 Å². The molecular formula is C10H21N3O3S. The molecule has 0 aromatic heterocycles. The van der Waals surface area contributed by atoms with Crippen LogP contribution in [0.3, 0.4) is 0 Å². The van der Waals surface area contributed by atoms with E-state index in [1.807, 2.05) is 0 Å². The first-order valence-corrected chi connectivity index (χ1v) is 7.50. The number of hydrogen-bond acceptors (Lipinski definition) is 4. The molecule has 100 valence electrons. The summed E-state index contributed by atoms with van der Waals surface area (Å²) in [5.74, 6) is -0.209. The topological polar surface area (TPSA) is 101 Å². The summed E-state index contributed by atoms with van der Waals surface area (Å²) in [6.45, 7) is 0.460. The molecule has 1 aliphatic carbocycles. The zero-order chi connectivity index (χ0) is 12.9. The van der Waals surface area contributed by atoms with E-state index < -0.39 is 15.4 Å². The lowest BCUT2D eigenvalue weighted by Crippen LogP contribution is -2.45. The largest absolute Gasteiger partial charge is 0.355 e. The van der Waals surface area contributed by atoms with Crippen molar-refractivity contribution in [2.75, 3.05) is 25.9 Å². The molecule has 1 saturated carbocycles. The summed E-state index contributed by atoms with van der Waals surface area (Å²) in [6.07, 6.45) is 3.63. The number of nitrogens with one attached hydrogen (secondary N) is 2. The predicted molar refractivity (Wildman–Crippen MR) is 65.8 cm³/mol. The van der Waals surface area contributed by atoms with Gasteiger partial charge in [0.2, 0.25) is 15.9 Å². The Bertz CT molecular complexity index is 361. The summed E-state index contributed by atoms with van der Waals surface area (Å²) in [6, 6.07) is 0. The Labute approximate surface area is 102 Å². The van der Waals surface area contributed by atoms with Crippen LogP contribution in [0.1, 0.15) is 25.7 Å². The van der Waals surface area contributed by atoms with Crippen molar-refractivity contribution in [2.45, 2.75) is 25.7 Å². The monoisotopic (exact) mass is 263 g/mol.